The lowest BCUT2D eigenvalue weighted by molar-refractivity contribution is 0.000409. The van der Waals surface area contributed by atoms with Gasteiger partial charge in [-0.15, -0.1) is 11.3 Å². The third-order valence-corrected chi connectivity index (χ3v) is 5.43. The number of thiophene rings is 1. The van der Waals surface area contributed by atoms with Crippen molar-refractivity contribution in [3.63, 3.8) is 0 Å². The Labute approximate surface area is 142 Å². The highest BCUT2D eigenvalue weighted by atomic mass is 35.5. The molecule has 0 aromatic carbocycles. The quantitative estimate of drug-likeness (QED) is 0.611. The van der Waals surface area contributed by atoms with Crippen molar-refractivity contribution >= 4 is 38.8 Å². The first-order chi connectivity index (χ1) is 10.9. The molecule has 0 saturated carbocycles. The Morgan fingerprint density at radius 3 is 2.91 bits per heavy atom. The maximum atomic E-state index is 10.4. The normalized spacial score (nSPS) is 14.1. The van der Waals surface area contributed by atoms with E-state index in [-0.39, 0.29) is 6.61 Å². The molecule has 0 spiro atoms. The Hall–Kier alpha value is -1.60. The number of pyridine rings is 1. The molecule has 3 heterocycles. The molecule has 1 unspecified atom stereocenters. The zero-order chi connectivity index (χ0) is 16.6. The number of halogens is 1. The number of fused-ring (bicyclic) bond motifs is 1. The number of nitrogens with zero attached hydrogens (tertiary/aromatic N) is 1. The zero-order valence-corrected chi connectivity index (χ0v) is 14.3. The molecule has 3 aromatic rings. The van der Waals surface area contributed by atoms with E-state index in [0.29, 0.717) is 16.6 Å². The third-order valence-electron chi connectivity index (χ3n) is 3.67. The van der Waals surface area contributed by atoms with E-state index in [9.17, 15) is 10.2 Å². The molecule has 0 bridgehead atoms. The van der Waals surface area contributed by atoms with Crippen LogP contribution in [0, 0.1) is 6.92 Å². The highest BCUT2D eigenvalue weighted by Gasteiger charge is 2.28. The number of furan rings is 1. The molecule has 0 saturated heterocycles. The summed E-state index contributed by atoms with van der Waals surface area (Å²) in [7, 11) is 0. The average molecular weight is 353 g/mol. The van der Waals surface area contributed by atoms with Gasteiger partial charge in [0.1, 0.15) is 16.5 Å². The Bertz CT molecular complexity index is 828. The van der Waals surface area contributed by atoms with Crippen LogP contribution in [0.25, 0.3) is 10.2 Å². The molecule has 3 rings (SSSR count). The molecule has 0 radical (unpaired) electrons. The molecule has 3 aromatic heterocycles. The van der Waals surface area contributed by atoms with Crippen molar-refractivity contribution in [3.8, 4) is 0 Å². The lowest BCUT2D eigenvalue weighted by Gasteiger charge is -2.19. The van der Waals surface area contributed by atoms with Gasteiger partial charge in [0.25, 0.3) is 0 Å². The minimum absolute atomic E-state index is 0.358. The van der Waals surface area contributed by atoms with Gasteiger partial charge in [0.15, 0.2) is 0 Å². The maximum Gasteiger partial charge on any atom is 0.131 e. The predicted octanol–water partition coefficient (Wildman–Crippen LogP) is 3.66. The number of hydrogen-bond donors (Lipinski definition) is 3. The summed E-state index contributed by atoms with van der Waals surface area (Å²) in [6.45, 7) is 3.62. The van der Waals surface area contributed by atoms with Crippen LogP contribution in [0.2, 0.25) is 5.15 Å². The van der Waals surface area contributed by atoms with Gasteiger partial charge in [0.2, 0.25) is 0 Å². The summed E-state index contributed by atoms with van der Waals surface area (Å²) in [4.78, 5) is 5.05. The number of aliphatic hydroxyl groups is 2. The average Bonchev–Trinajstić information content (AvgIpc) is 3.14. The fourth-order valence-corrected chi connectivity index (χ4v) is 3.93. The van der Waals surface area contributed by atoms with Crippen LogP contribution in [-0.2, 0) is 12.1 Å². The first kappa shape index (κ1) is 16.3. The second kappa shape index (κ2) is 6.13. The fraction of sp³-hybridized carbons (Fsp3) is 0.312. The zero-order valence-electron chi connectivity index (χ0n) is 12.8. The first-order valence-electron chi connectivity index (χ1n) is 7.12. The van der Waals surface area contributed by atoms with Crippen LogP contribution in [0.1, 0.15) is 23.1 Å². The lowest BCUT2D eigenvalue weighted by Crippen LogP contribution is -2.25. The number of hydrogen-bond acceptors (Lipinski definition) is 6. The summed E-state index contributed by atoms with van der Waals surface area (Å²) in [5.41, 5.74) is 1.07. The molecule has 0 fully saturated rings. The summed E-state index contributed by atoms with van der Waals surface area (Å²) >= 11 is 7.54. The summed E-state index contributed by atoms with van der Waals surface area (Å²) in [6.07, 6.45) is 1.62. The van der Waals surface area contributed by atoms with E-state index in [1.54, 1.807) is 19.3 Å². The van der Waals surface area contributed by atoms with Crippen LogP contribution >= 0.6 is 22.9 Å². The minimum Gasteiger partial charge on any atom is -0.467 e. The van der Waals surface area contributed by atoms with Gasteiger partial charge in [-0.3, -0.25) is 0 Å². The van der Waals surface area contributed by atoms with Crippen LogP contribution in [0.4, 0.5) is 5.69 Å². The highest BCUT2D eigenvalue weighted by molar-refractivity contribution is 7.20. The van der Waals surface area contributed by atoms with Crippen molar-refractivity contribution in [2.45, 2.75) is 26.0 Å². The number of nitrogens with one attached hydrogen (secondary N) is 1. The van der Waals surface area contributed by atoms with Gasteiger partial charge < -0.3 is 19.9 Å². The van der Waals surface area contributed by atoms with E-state index in [1.165, 1.54) is 11.3 Å². The van der Waals surface area contributed by atoms with Crippen molar-refractivity contribution in [1.82, 2.24) is 4.98 Å². The molecule has 5 nitrogen and oxygen atoms in total. The number of aliphatic hydroxyl groups excluding tert-OH is 1. The molecule has 0 aliphatic heterocycles. The Morgan fingerprint density at radius 2 is 2.26 bits per heavy atom. The molecule has 23 heavy (non-hydrogen) atoms. The van der Waals surface area contributed by atoms with E-state index in [1.807, 2.05) is 19.1 Å². The molecule has 122 valence electrons. The smallest absolute Gasteiger partial charge is 0.131 e. The van der Waals surface area contributed by atoms with E-state index in [0.717, 1.165) is 27.2 Å². The standard InChI is InChI=1S/C16H17ClN2O3S/c1-9-13-14(23-15(9)16(2,21)8-20)11(6-12(17)19-13)18-7-10-4-3-5-22-10/h3-6,20-21H,7-8H2,1-2H3,(H,18,19). The van der Waals surface area contributed by atoms with E-state index < -0.39 is 5.60 Å². The van der Waals surface area contributed by atoms with Crippen molar-refractivity contribution < 1.29 is 14.6 Å². The number of aromatic nitrogens is 1. The van der Waals surface area contributed by atoms with Gasteiger partial charge in [-0.2, -0.15) is 0 Å². The largest absolute Gasteiger partial charge is 0.467 e. The Morgan fingerprint density at radius 1 is 1.48 bits per heavy atom. The summed E-state index contributed by atoms with van der Waals surface area (Å²) in [5, 5.41) is 23.5. The topological polar surface area (TPSA) is 78.5 Å². The lowest BCUT2D eigenvalue weighted by atomic mass is 10.0. The van der Waals surface area contributed by atoms with E-state index >= 15 is 0 Å². The molecule has 1 atom stereocenters. The number of rotatable bonds is 5. The second-order valence-electron chi connectivity index (χ2n) is 5.59. The van der Waals surface area contributed by atoms with Crippen LogP contribution in [-0.4, -0.2) is 21.8 Å². The van der Waals surface area contributed by atoms with Crippen LogP contribution in [0.5, 0.6) is 0 Å². The van der Waals surface area contributed by atoms with Crippen molar-refractivity contribution in [2.24, 2.45) is 0 Å². The fourth-order valence-electron chi connectivity index (χ4n) is 2.46. The van der Waals surface area contributed by atoms with Gasteiger partial charge in [-0.1, -0.05) is 11.6 Å². The molecule has 3 N–H and O–H groups in total. The third kappa shape index (κ3) is 3.07. The van der Waals surface area contributed by atoms with E-state index in [2.05, 4.69) is 10.3 Å². The summed E-state index contributed by atoms with van der Waals surface area (Å²) in [5.74, 6) is 0.807. The molecule has 7 heteroatoms. The number of anilines is 1. The van der Waals surface area contributed by atoms with Gasteiger partial charge in [-0.25, -0.2) is 4.98 Å². The van der Waals surface area contributed by atoms with Crippen LogP contribution < -0.4 is 5.32 Å². The Balaban J connectivity index is 2.05. The summed E-state index contributed by atoms with van der Waals surface area (Å²) < 4.78 is 6.21. The number of aryl methyl sites for hydroxylation is 1. The van der Waals surface area contributed by atoms with Gasteiger partial charge in [-0.05, 0) is 31.5 Å². The first-order valence-corrected chi connectivity index (χ1v) is 8.31. The van der Waals surface area contributed by atoms with Gasteiger partial charge in [0.05, 0.1) is 35.3 Å². The monoisotopic (exact) mass is 352 g/mol. The summed E-state index contributed by atoms with van der Waals surface area (Å²) in [6, 6.07) is 5.47. The second-order valence-corrected chi connectivity index (χ2v) is 7.00. The molecular weight excluding hydrogens is 336 g/mol. The maximum absolute atomic E-state index is 10.4. The van der Waals surface area contributed by atoms with E-state index in [4.69, 9.17) is 16.0 Å². The molecule has 0 aliphatic carbocycles. The highest BCUT2D eigenvalue weighted by Crippen LogP contribution is 2.41. The van der Waals surface area contributed by atoms with Crippen molar-refractivity contribution in [1.29, 1.82) is 0 Å². The van der Waals surface area contributed by atoms with Crippen LogP contribution in [0.15, 0.2) is 28.9 Å². The minimum atomic E-state index is -1.31. The predicted molar refractivity (Wildman–Crippen MR) is 92.1 cm³/mol. The van der Waals surface area contributed by atoms with Gasteiger partial charge in [0, 0.05) is 10.9 Å². The molecule has 0 amide bonds. The Kier molecular flexibility index (Phi) is 4.33. The van der Waals surface area contributed by atoms with Crippen molar-refractivity contribution in [2.75, 3.05) is 11.9 Å². The molecule has 0 aliphatic rings. The molecular formula is C16H17ClN2O3S. The van der Waals surface area contributed by atoms with Crippen LogP contribution in [0.3, 0.4) is 0 Å². The van der Waals surface area contributed by atoms with Gasteiger partial charge >= 0.3 is 0 Å². The SMILES string of the molecule is Cc1c(C(C)(O)CO)sc2c(NCc3ccco3)cc(Cl)nc12. The van der Waals surface area contributed by atoms with Crippen molar-refractivity contribution in [3.05, 3.63) is 45.8 Å².